The first kappa shape index (κ1) is 22.7. The molecule has 0 atom stereocenters. The maximum atomic E-state index is 14.1. The second-order valence-corrected chi connectivity index (χ2v) is 10.6. The Balaban J connectivity index is 1.45. The molecule has 0 bridgehead atoms. The lowest BCUT2D eigenvalue weighted by Crippen LogP contribution is -2.49. The summed E-state index contributed by atoms with van der Waals surface area (Å²) in [6.45, 7) is 1.95. The van der Waals surface area contributed by atoms with Gasteiger partial charge in [-0.25, -0.2) is 12.8 Å². The van der Waals surface area contributed by atoms with Crippen molar-refractivity contribution in [2.75, 3.05) is 38.1 Å². The van der Waals surface area contributed by atoms with E-state index in [9.17, 15) is 17.6 Å². The maximum Gasteiger partial charge on any atom is 0.254 e. The van der Waals surface area contributed by atoms with Gasteiger partial charge in [-0.1, -0.05) is 37.5 Å². The second-order valence-electron chi connectivity index (χ2n) is 8.57. The number of rotatable bonds is 5. The van der Waals surface area contributed by atoms with Gasteiger partial charge in [0.2, 0.25) is 10.0 Å². The van der Waals surface area contributed by atoms with Crippen LogP contribution in [-0.2, 0) is 10.0 Å². The molecule has 2 aromatic carbocycles. The number of para-hydroxylation sites is 1. The molecule has 0 unspecified atom stereocenters. The minimum absolute atomic E-state index is 0.0135. The number of carbonyl (C=O) groups excluding carboxylic acids is 1. The Kier molecular flexibility index (Phi) is 6.81. The van der Waals surface area contributed by atoms with Crippen molar-refractivity contribution in [2.45, 2.75) is 43.0 Å². The van der Waals surface area contributed by atoms with Crippen molar-refractivity contribution in [2.24, 2.45) is 0 Å². The van der Waals surface area contributed by atoms with Crippen LogP contribution in [0, 0.1) is 5.82 Å². The van der Waals surface area contributed by atoms with Crippen molar-refractivity contribution in [3.05, 3.63) is 59.9 Å². The van der Waals surface area contributed by atoms with Crippen LogP contribution in [0.5, 0.6) is 0 Å². The summed E-state index contributed by atoms with van der Waals surface area (Å²) < 4.78 is 41.9. The monoisotopic (exact) mass is 459 g/mol. The van der Waals surface area contributed by atoms with Crippen molar-refractivity contribution >= 4 is 21.6 Å². The van der Waals surface area contributed by atoms with Crippen molar-refractivity contribution in [3.8, 4) is 0 Å². The van der Waals surface area contributed by atoms with Gasteiger partial charge in [-0.2, -0.15) is 4.31 Å². The largest absolute Gasteiger partial charge is 0.366 e. The van der Waals surface area contributed by atoms with Gasteiger partial charge in [-0.3, -0.25) is 4.79 Å². The van der Waals surface area contributed by atoms with Crippen LogP contribution in [-0.4, -0.2) is 62.8 Å². The third-order valence-corrected chi connectivity index (χ3v) is 8.51. The van der Waals surface area contributed by atoms with E-state index in [1.165, 1.54) is 16.4 Å². The van der Waals surface area contributed by atoms with E-state index in [0.717, 1.165) is 32.1 Å². The fraction of sp³-hybridized carbons (Fsp3) is 0.458. The average Bonchev–Trinajstić information content (AvgIpc) is 2.84. The first-order valence-corrected chi connectivity index (χ1v) is 12.7. The Bertz CT molecular complexity index is 1060. The van der Waals surface area contributed by atoms with Gasteiger partial charge in [-0.05, 0) is 43.2 Å². The van der Waals surface area contributed by atoms with Crippen LogP contribution in [0.25, 0.3) is 0 Å². The van der Waals surface area contributed by atoms with Gasteiger partial charge in [0.05, 0.1) is 10.6 Å². The van der Waals surface area contributed by atoms with Crippen molar-refractivity contribution < 1.29 is 17.6 Å². The Labute approximate surface area is 189 Å². The molecular weight excluding hydrogens is 429 g/mol. The predicted molar refractivity (Wildman–Crippen MR) is 123 cm³/mol. The lowest BCUT2D eigenvalue weighted by Gasteiger charge is -2.36. The molecule has 0 N–H and O–H groups in total. The molecule has 1 saturated heterocycles. The molecule has 4 rings (SSSR count). The Morgan fingerprint density at radius 2 is 1.66 bits per heavy atom. The zero-order chi connectivity index (χ0) is 22.7. The summed E-state index contributed by atoms with van der Waals surface area (Å²) in [6.07, 6.45) is 4.99. The lowest BCUT2D eigenvalue weighted by atomic mass is 9.96. The number of halogens is 1. The normalized spacial score (nSPS) is 18.2. The van der Waals surface area contributed by atoms with Gasteiger partial charge >= 0.3 is 0 Å². The molecule has 1 saturated carbocycles. The second kappa shape index (κ2) is 9.58. The number of amides is 1. The summed E-state index contributed by atoms with van der Waals surface area (Å²) >= 11 is 0. The number of piperazine rings is 1. The maximum absolute atomic E-state index is 14.1. The van der Waals surface area contributed by atoms with E-state index in [4.69, 9.17) is 0 Å². The van der Waals surface area contributed by atoms with Crippen LogP contribution in [0.1, 0.15) is 42.5 Å². The van der Waals surface area contributed by atoms with E-state index in [1.54, 1.807) is 48.3 Å². The minimum Gasteiger partial charge on any atom is -0.366 e. The molecule has 1 aliphatic carbocycles. The summed E-state index contributed by atoms with van der Waals surface area (Å²) in [5.41, 5.74) is 0.904. The minimum atomic E-state index is -3.66. The third-order valence-electron chi connectivity index (χ3n) is 6.61. The molecule has 2 aromatic rings. The molecule has 1 aliphatic heterocycles. The fourth-order valence-electron chi connectivity index (χ4n) is 4.64. The number of sulfonamides is 1. The zero-order valence-electron chi connectivity index (χ0n) is 18.4. The van der Waals surface area contributed by atoms with Crippen molar-refractivity contribution in [1.82, 2.24) is 9.21 Å². The molecular formula is C24H30FN3O3S. The molecule has 2 fully saturated rings. The van der Waals surface area contributed by atoms with E-state index in [2.05, 4.69) is 0 Å². The summed E-state index contributed by atoms with van der Waals surface area (Å²) in [4.78, 5) is 16.9. The molecule has 32 heavy (non-hydrogen) atoms. The average molecular weight is 460 g/mol. The molecule has 2 aliphatic rings. The molecule has 1 amide bonds. The van der Waals surface area contributed by atoms with E-state index < -0.39 is 10.0 Å². The van der Waals surface area contributed by atoms with Crippen LogP contribution in [0.15, 0.2) is 53.4 Å². The number of anilines is 1. The number of nitrogens with zero attached hydrogens (tertiary/aromatic N) is 3. The highest BCUT2D eigenvalue weighted by Crippen LogP contribution is 2.27. The lowest BCUT2D eigenvalue weighted by molar-refractivity contribution is 0.0746. The first-order chi connectivity index (χ1) is 15.4. The highest BCUT2D eigenvalue weighted by atomic mass is 32.2. The zero-order valence-corrected chi connectivity index (χ0v) is 19.2. The molecule has 1 heterocycles. The smallest absolute Gasteiger partial charge is 0.254 e. The van der Waals surface area contributed by atoms with Gasteiger partial charge in [0.25, 0.3) is 5.91 Å². The highest BCUT2D eigenvalue weighted by molar-refractivity contribution is 7.89. The van der Waals surface area contributed by atoms with Crippen LogP contribution in [0.3, 0.4) is 0 Å². The predicted octanol–water partition coefficient (Wildman–Crippen LogP) is 3.74. The highest BCUT2D eigenvalue weighted by Gasteiger charge is 2.30. The first-order valence-electron chi connectivity index (χ1n) is 11.2. The van der Waals surface area contributed by atoms with E-state index in [1.807, 2.05) is 4.90 Å². The fourth-order valence-corrected chi connectivity index (χ4v) is 6.10. The van der Waals surface area contributed by atoms with Gasteiger partial charge in [-0.15, -0.1) is 0 Å². The van der Waals surface area contributed by atoms with Gasteiger partial charge in [0, 0.05) is 44.8 Å². The van der Waals surface area contributed by atoms with Crippen LogP contribution in [0.2, 0.25) is 0 Å². The molecule has 0 radical (unpaired) electrons. The summed E-state index contributed by atoms with van der Waals surface area (Å²) in [5.74, 6) is -0.470. The Morgan fingerprint density at radius 3 is 2.34 bits per heavy atom. The molecule has 0 spiro atoms. The molecule has 6 nitrogen and oxygen atoms in total. The molecule has 8 heteroatoms. The molecule has 0 aromatic heterocycles. The quantitative estimate of drug-likeness (QED) is 0.684. The van der Waals surface area contributed by atoms with Gasteiger partial charge in [0.15, 0.2) is 0 Å². The number of carbonyl (C=O) groups is 1. The summed E-state index contributed by atoms with van der Waals surface area (Å²) in [7, 11) is -2.02. The van der Waals surface area contributed by atoms with Gasteiger partial charge < -0.3 is 9.80 Å². The van der Waals surface area contributed by atoms with Crippen molar-refractivity contribution in [1.29, 1.82) is 0 Å². The SMILES string of the molecule is CN(C1CCCCC1)S(=O)(=O)c1cccc(C(=O)N2CCN(c3ccccc3F)CC2)c1. The molecule has 172 valence electrons. The third kappa shape index (κ3) is 4.66. The Morgan fingerprint density at radius 1 is 0.969 bits per heavy atom. The van der Waals surface area contributed by atoms with Crippen LogP contribution >= 0.6 is 0 Å². The number of hydrogen-bond donors (Lipinski definition) is 0. The number of benzene rings is 2. The van der Waals surface area contributed by atoms with Crippen molar-refractivity contribution in [3.63, 3.8) is 0 Å². The summed E-state index contributed by atoms with van der Waals surface area (Å²) in [6, 6.07) is 13.0. The van der Waals surface area contributed by atoms with Crippen LogP contribution < -0.4 is 4.90 Å². The topological polar surface area (TPSA) is 60.9 Å². The van der Waals surface area contributed by atoms with E-state index in [0.29, 0.717) is 37.4 Å². The van der Waals surface area contributed by atoms with E-state index in [-0.39, 0.29) is 22.7 Å². The standard InChI is InChI=1S/C24H30FN3O3S/c1-26(20-9-3-2-4-10-20)32(30,31)21-11-7-8-19(18-21)24(29)28-16-14-27(15-17-28)23-13-6-5-12-22(23)25/h5-8,11-13,18,20H,2-4,9-10,14-17H2,1H3. The van der Waals surface area contributed by atoms with Gasteiger partial charge in [0.1, 0.15) is 5.82 Å². The number of hydrogen-bond acceptors (Lipinski definition) is 4. The van der Waals surface area contributed by atoms with E-state index >= 15 is 0 Å². The Hall–Kier alpha value is -2.45. The van der Waals surface area contributed by atoms with Crippen LogP contribution in [0.4, 0.5) is 10.1 Å². The summed E-state index contributed by atoms with van der Waals surface area (Å²) in [5, 5.41) is 0.